The Labute approximate surface area is 174 Å². The Balaban J connectivity index is 1.66. The van der Waals surface area contributed by atoms with Crippen LogP contribution in [0.25, 0.3) is 0 Å². The summed E-state index contributed by atoms with van der Waals surface area (Å²) in [6.07, 6.45) is 0.0118. The molecule has 2 aromatic rings. The zero-order chi connectivity index (χ0) is 21.2. The Morgan fingerprint density at radius 3 is 2.45 bits per heavy atom. The lowest BCUT2D eigenvalue weighted by atomic mass is 10.2. The first-order valence-electron chi connectivity index (χ1n) is 8.98. The molecule has 2 rings (SSSR count). The highest BCUT2D eigenvalue weighted by Crippen LogP contribution is 2.20. The second-order valence-corrected chi connectivity index (χ2v) is 6.76. The van der Waals surface area contributed by atoms with Crippen molar-refractivity contribution in [1.82, 2.24) is 4.90 Å². The van der Waals surface area contributed by atoms with E-state index < -0.39 is 24.4 Å². The van der Waals surface area contributed by atoms with Gasteiger partial charge < -0.3 is 19.7 Å². The zero-order valence-electron chi connectivity index (χ0n) is 16.3. The number of halogens is 1. The second-order valence-electron chi connectivity index (χ2n) is 6.35. The van der Waals surface area contributed by atoms with Gasteiger partial charge in [-0.3, -0.25) is 14.4 Å². The summed E-state index contributed by atoms with van der Waals surface area (Å²) in [6, 6.07) is 14.2. The van der Waals surface area contributed by atoms with Gasteiger partial charge in [-0.1, -0.05) is 41.4 Å². The normalized spacial score (nSPS) is 10.2. The van der Waals surface area contributed by atoms with Crippen molar-refractivity contribution in [2.45, 2.75) is 13.3 Å². The number of rotatable bonds is 9. The SMILES string of the molecule is Cc1ccc(OCCC(=O)OCC(=O)N(C)CC(=O)Nc2ccccc2Cl)cc1. The Morgan fingerprint density at radius 1 is 1.07 bits per heavy atom. The second kappa shape index (κ2) is 11.1. The summed E-state index contributed by atoms with van der Waals surface area (Å²) in [5, 5.41) is 3.02. The fourth-order valence-electron chi connectivity index (χ4n) is 2.27. The molecule has 0 heterocycles. The maximum Gasteiger partial charge on any atom is 0.309 e. The Bertz CT molecular complexity index is 854. The fraction of sp³-hybridized carbons (Fsp3) is 0.286. The van der Waals surface area contributed by atoms with E-state index in [-0.39, 0.29) is 19.6 Å². The van der Waals surface area contributed by atoms with Crippen molar-refractivity contribution in [3.63, 3.8) is 0 Å². The molecule has 29 heavy (non-hydrogen) atoms. The number of aryl methyl sites for hydroxylation is 1. The summed E-state index contributed by atoms with van der Waals surface area (Å²) >= 11 is 5.98. The van der Waals surface area contributed by atoms with Crippen LogP contribution in [0, 0.1) is 6.92 Å². The fourth-order valence-corrected chi connectivity index (χ4v) is 2.45. The first-order chi connectivity index (χ1) is 13.8. The van der Waals surface area contributed by atoms with Gasteiger partial charge in [-0.15, -0.1) is 0 Å². The number of carbonyl (C=O) groups is 3. The monoisotopic (exact) mass is 418 g/mol. The number of nitrogens with zero attached hydrogens (tertiary/aromatic N) is 1. The van der Waals surface area contributed by atoms with Crippen LogP contribution in [-0.2, 0) is 19.1 Å². The average Bonchev–Trinajstić information content (AvgIpc) is 2.69. The topological polar surface area (TPSA) is 84.9 Å². The molecular weight excluding hydrogens is 396 g/mol. The summed E-state index contributed by atoms with van der Waals surface area (Å²) in [7, 11) is 1.45. The molecule has 0 aromatic heterocycles. The van der Waals surface area contributed by atoms with Gasteiger partial charge in [0, 0.05) is 7.05 Å². The third kappa shape index (κ3) is 7.83. The third-order valence-corrected chi connectivity index (χ3v) is 4.24. The molecule has 0 aliphatic carbocycles. The number of amides is 2. The number of carbonyl (C=O) groups excluding carboxylic acids is 3. The molecule has 2 aromatic carbocycles. The number of ether oxygens (including phenoxy) is 2. The molecule has 0 radical (unpaired) electrons. The summed E-state index contributed by atoms with van der Waals surface area (Å²) in [5.41, 5.74) is 1.57. The van der Waals surface area contributed by atoms with E-state index in [1.807, 2.05) is 31.2 Å². The van der Waals surface area contributed by atoms with E-state index in [1.165, 1.54) is 11.9 Å². The molecule has 0 unspecified atom stereocenters. The summed E-state index contributed by atoms with van der Waals surface area (Å²) in [6.45, 7) is 1.47. The zero-order valence-corrected chi connectivity index (χ0v) is 17.1. The van der Waals surface area contributed by atoms with Gasteiger partial charge in [-0.2, -0.15) is 0 Å². The quantitative estimate of drug-likeness (QED) is 0.632. The van der Waals surface area contributed by atoms with Gasteiger partial charge in [-0.25, -0.2) is 0 Å². The van der Waals surface area contributed by atoms with Crippen LogP contribution in [0.15, 0.2) is 48.5 Å². The Morgan fingerprint density at radius 2 is 1.76 bits per heavy atom. The Kier molecular flexibility index (Phi) is 8.48. The van der Waals surface area contributed by atoms with E-state index in [4.69, 9.17) is 21.1 Å². The molecule has 154 valence electrons. The number of nitrogens with one attached hydrogen (secondary N) is 1. The number of esters is 1. The number of hydrogen-bond acceptors (Lipinski definition) is 5. The Hall–Kier alpha value is -3.06. The van der Waals surface area contributed by atoms with Gasteiger partial charge >= 0.3 is 5.97 Å². The van der Waals surface area contributed by atoms with Crippen LogP contribution >= 0.6 is 11.6 Å². The van der Waals surface area contributed by atoms with Crippen molar-refractivity contribution < 1.29 is 23.9 Å². The van der Waals surface area contributed by atoms with Crippen molar-refractivity contribution in [2.75, 3.05) is 32.1 Å². The van der Waals surface area contributed by atoms with E-state index in [9.17, 15) is 14.4 Å². The number of hydrogen-bond donors (Lipinski definition) is 1. The molecule has 0 fully saturated rings. The van der Waals surface area contributed by atoms with Gasteiger partial charge in [0.1, 0.15) is 5.75 Å². The minimum atomic E-state index is -0.556. The molecule has 0 atom stereocenters. The first kappa shape index (κ1) is 22.2. The van der Waals surface area contributed by atoms with Crippen molar-refractivity contribution in [3.8, 4) is 5.75 Å². The maximum absolute atomic E-state index is 12.0. The van der Waals surface area contributed by atoms with E-state index in [2.05, 4.69) is 5.32 Å². The summed E-state index contributed by atoms with van der Waals surface area (Å²) < 4.78 is 10.4. The lowest BCUT2D eigenvalue weighted by Crippen LogP contribution is -2.37. The molecule has 0 aliphatic heterocycles. The molecule has 0 saturated carbocycles. The summed E-state index contributed by atoms with van der Waals surface area (Å²) in [5.74, 6) is -0.804. The number of benzene rings is 2. The molecule has 0 aliphatic rings. The van der Waals surface area contributed by atoms with Crippen molar-refractivity contribution >= 4 is 35.1 Å². The van der Waals surface area contributed by atoms with E-state index >= 15 is 0 Å². The van der Waals surface area contributed by atoms with Gasteiger partial charge in [0.2, 0.25) is 5.91 Å². The minimum Gasteiger partial charge on any atom is -0.493 e. The average molecular weight is 419 g/mol. The molecule has 2 amide bonds. The highest BCUT2D eigenvalue weighted by atomic mass is 35.5. The van der Waals surface area contributed by atoms with Crippen LogP contribution in [-0.4, -0.2) is 49.5 Å². The van der Waals surface area contributed by atoms with E-state index in [1.54, 1.807) is 24.3 Å². The highest BCUT2D eigenvalue weighted by molar-refractivity contribution is 6.33. The number of anilines is 1. The van der Waals surface area contributed by atoms with Crippen LogP contribution in [0.1, 0.15) is 12.0 Å². The smallest absolute Gasteiger partial charge is 0.309 e. The van der Waals surface area contributed by atoms with E-state index in [0.717, 1.165) is 5.56 Å². The minimum absolute atomic E-state index is 0.0118. The lowest BCUT2D eigenvalue weighted by molar-refractivity contribution is -0.152. The van der Waals surface area contributed by atoms with Crippen LogP contribution in [0.5, 0.6) is 5.75 Å². The largest absolute Gasteiger partial charge is 0.493 e. The number of likely N-dealkylation sites (N-methyl/N-ethyl adjacent to an activating group) is 1. The van der Waals surface area contributed by atoms with Crippen molar-refractivity contribution in [2.24, 2.45) is 0 Å². The molecule has 1 N–H and O–H groups in total. The predicted octanol–water partition coefficient (Wildman–Crippen LogP) is 3.06. The van der Waals surface area contributed by atoms with Gasteiger partial charge in [0.25, 0.3) is 5.91 Å². The van der Waals surface area contributed by atoms with Crippen molar-refractivity contribution in [3.05, 3.63) is 59.1 Å². The molecule has 0 spiro atoms. The third-order valence-electron chi connectivity index (χ3n) is 3.91. The lowest BCUT2D eigenvalue weighted by Gasteiger charge is -2.17. The highest BCUT2D eigenvalue weighted by Gasteiger charge is 2.16. The van der Waals surface area contributed by atoms with Gasteiger partial charge in [0.05, 0.1) is 30.3 Å². The molecule has 0 bridgehead atoms. The van der Waals surface area contributed by atoms with Gasteiger partial charge in [-0.05, 0) is 31.2 Å². The summed E-state index contributed by atoms with van der Waals surface area (Å²) in [4.78, 5) is 37.0. The van der Waals surface area contributed by atoms with Crippen LogP contribution < -0.4 is 10.1 Å². The first-order valence-corrected chi connectivity index (χ1v) is 9.36. The molecule has 8 heteroatoms. The maximum atomic E-state index is 12.0. The van der Waals surface area contributed by atoms with E-state index in [0.29, 0.717) is 16.5 Å². The van der Waals surface area contributed by atoms with Crippen LogP contribution in [0.4, 0.5) is 5.69 Å². The molecule has 7 nitrogen and oxygen atoms in total. The van der Waals surface area contributed by atoms with Crippen molar-refractivity contribution in [1.29, 1.82) is 0 Å². The standard InChI is InChI=1S/C21H23ClN2O5/c1-15-7-9-16(10-8-15)28-12-11-21(27)29-14-20(26)24(2)13-19(25)23-18-6-4-3-5-17(18)22/h3-10H,11-14H2,1-2H3,(H,23,25). The molecular formula is C21H23ClN2O5. The van der Waals surface area contributed by atoms with Crippen LogP contribution in [0.3, 0.4) is 0 Å². The molecule has 0 saturated heterocycles. The van der Waals surface area contributed by atoms with Gasteiger partial charge in [0.15, 0.2) is 6.61 Å². The number of para-hydroxylation sites is 1. The van der Waals surface area contributed by atoms with Crippen LogP contribution in [0.2, 0.25) is 5.02 Å². The predicted molar refractivity (Wildman–Crippen MR) is 110 cm³/mol.